The maximum Gasteiger partial charge on any atom is 0.0988 e. The van der Waals surface area contributed by atoms with Crippen molar-refractivity contribution in [3.05, 3.63) is 35.2 Å². The summed E-state index contributed by atoms with van der Waals surface area (Å²) in [5.41, 5.74) is -0.659. The Morgan fingerprint density at radius 2 is 1.79 bits per heavy atom. The Morgan fingerprint density at radius 3 is 2.47 bits per heavy atom. The van der Waals surface area contributed by atoms with E-state index in [4.69, 9.17) is 0 Å². The zero-order valence-corrected chi connectivity index (χ0v) is 12.4. The number of aliphatic hydroxyl groups is 1. The van der Waals surface area contributed by atoms with E-state index in [1.165, 1.54) is 48.6 Å². The minimum absolute atomic E-state index is 0.420. The summed E-state index contributed by atoms with van der Waals surface area (Å²) in [6.07, 6.45) is 7.54. The molecule has 1 aromatic carbocycles. The number of hydrogen-bond acceptors (Lipinski definition) is 2. The van der Waals surface area contributed by atoms with Crippen LogP contribution in [0.15, 0.2) is 30.3 Å². The smallest absolute Gasteiger partial charge is 0.0988 e. The molecule has 1 fully saturated rings. The van der Waals surface area contributed by atoms with Crippen LogP contribution in [0.4, 0.5) is 0 Å². The SMILES string of the molecule is CC(O)(c1cc2ccccc2s1)C1CCCCCC1. The van der Waals surface area contributed by atoms with E-state index in [2.05, 4.69) is 30.3 Å². The monoisotopic (exact) mass is 274 g/mol. The Balaban J connectivity index is 1.93. The Bertz CT molecular complexity index is 514. The van der Waals surface area contributed by atoms with Gasteiger partial charge in [0.25, 0.3) is 0 Å². The first-order valence-electron chi connectivity index (χ1n) is 7.39. The number of fused-ring (bicyclic) bond motifs is 1. The third kappa shape index (κ3) is 2.56. The largest absolute Gasteiger partial charge is 0.384 e. The lowest BCUT2D eigenvalue weighted by Gasteiger charge is -2.31. The molecule has 2 heteroatoms. The molecule has 2 aromatic rings. The minimum Gasteiger partial charge on any atom is -0.384 e. The zero-order chi connectivity index (χ0) is 13.3. The highest BCUT2D eigenvalue weighted by molar-refractivity contribution is 7.19. The van der Waals surface area contributed by atoms with Crippen LogP contribution >= 0.6 is 11.3 Å². The zero-order valence-electron chi connectivity index (χ0n) is 11.6. The van der Waals surface area contributed by atoms with Crippen molar-refractivity contribution < 1.29 is 5.11 Å². The Hall–Kier alpha value is -0.860. The molecule has 0 saturated heterocycles. The molecule has 102 valence electrons. The fourth-order valence-corrected chi connectivity index (χ4v) is 4.46. The summed E-state index contributed by atoms with van der Waals surface area (Å²) in [4.78, 5) is 1.14. The van der Waals surface area contributed by atoms with E-state index in [-0.39, 0.29) is 0 Å². The van der Waals surface area contributed by atoms with E-state index >= 15 is 0 Å². The average molecular weight is 274 g/mol. The van der Waals surface area contributed by atoms with Crippen molar-refractivity contribution in [2.24, 2.45) is 5.92 Å². The van der Waals surface area contributed by atoms with Gasteiger partial charge in [-0.05, 0) is 43.2 Å². The summed E-state index contributed by atoms with van der Waals surface area (Å²) in [5, 5.41) is 12.3. The Labute approximate surface area is 119 Å². The van der Waals surface area contributed by atoms with E-state index in [1.807, 2.05) is 6.92 Å². The highest BCUT2D eigenvalue weighted by Crippen LogP contribution is 2.42. The van der Waals surface area contributed by atoms with E-state index < -0.39 is 5.60 Å². The second-order valence-electron chi connectivity index (χ2n) is 5.98. The van der Waals surface area contributed by atoms with Gasteiger partial charge in [-0.1, -0.05) is 43.9 Å². The molecule has 0 amide bonds. The molecule has 1 saturated carbocycles. The number of hydrogen-bond donors (Lipinski definition) is 1. The molecule has 0 aliphatic heterocycles. The summed E-state index contributed by atoms with van der Waals surface area (Å²) in [6.45, 7) is 2.02. The van der Waals surface area contributed by atoms with Crippen LogP contribution in [-0.4, -0.2) is 5.11 Å². The molecule has 1 heterocycles. The van der Waals surface area contributed by atoms with Crippen molar-refractivity contribution in [3.8, 4) is 0 Å². The van der Waals surface area contributed by atoms with Gasteiger partial charge in [-0.25, -0.2) is 0 Å². The topological polar surface area (TPSA) is 20.2 Å². The van der Waals surface area contributed by atoms with Crippen LogP contribution < -0.4 is 0 Å². The first-order chi connectivity index (χ1) is 9.18. The van der Waals surface area contributed by atoms with Gasteiger partial charge in [-0.2, -0.15) is 0 Å². The molecule has 3 rings (SSSR count). The second-order valence-corrected chi connectivity index (χ2v) is 7.07. The molecule has 1 N–H and O–H groups in total. The summed E-state index contributed by atoms with van der Waals surface area (Å²) in [7, 11) is 0. The lowest BCUT2D eigenvalue weighted by Crippen LogP contribution is -2.30. The molecular weight excluding hydrogens is 252 g/mol. The first kappa shape index (κ1) is 13.1. The molecule has 0 radical (unpaired) electrons. The minimum atomic E-state index is -0.659. The summed E-state index contributed by atoms with van der Waals surface area (Å²) < 4.78 is 1.28. The van der Waals surface area contributed by atoms with Crippen LogP contribution in [0, 0.1) is 5.92 Å². The molecule has 0 spiro atoms. The molecule has 1 atom stereocenters. The lowest BCUT2D eigenvalue weighted by molar-refractivity contribution is -0.00916. The predicted octanol–water partition coefficient (Wildman–Crippen LogP) is 5.08. The molecule has 1 nitrogen and oxygen atoms in total. The van der Waals surface area contributed by atoms with Crippen LogP contribution in [0.3, 0.4) is 0 Å². The number of thiophene rings is 1. The molecule has 1 aliphatic carbocycles. The van der Waals surface area contributed by atoms with Crippen LogP contribution in [0.25, 0.3) is 10.1 Å². The van der Waals surface area contributed by atoms with Crippen LogP contribution in [0.2, 0.25) is 0 Å². The van der Waals surface area contributed by atoms with Crippen molar-refractivity contribution in [1.82, 2.24) is 0 Å². The van der Waals surface area contributed by atoms with Gasteiger partial charge in [0.2, 0.25) is 0 Å². The fourth-order valence-electron chi connectivity index (χ4n) is 3.27. The van der Waals surface area contributed by atoms with Crippen molar-refractivity contribution >= 4 is 21.4 Å². The highest BCUT2D eigenvalue weighted by atomic mass is 32.1. The third-order valence-electron chi connectivity index (χ3n) is 4.57. The van der Waals surface area contributed by atoms with Crippen LogP contribution in [-0.2, 0) is 5.60 Å². The van der Waals surface area contributed by atoms with Crippen LogP contribution in [0.1, 0.15) is 50.3 Å². The van der Waals surface area contributed by atoms with Gasteiger partial charge in [0, 0.05) is 9.58 Å². The van der Waals surface area contributed by atoms with Gasteiger partial charge < -0.3 is 5.11 Å². The predicted molar refractivity (Wildman–Crippen MR) is 82.6 cm³/mol. The van der Waals surface area contributed by atoms with Crippen molar-refractivity contribution in [3.63, 3.8) is 0 Å². The van der Waals surface area contributed by atoms with Gasteiger partial charge in [-0.15, -0.1) is 11.3 Å². The second kappa shape index (κ2) is 5.26. The lowest BCUT2D eigenvalue weighted by atomic mass is 9.82. The molecular formula is C17H22OS. The molecule has 1 aliphatic rings. The van der Waals surface area contributed by atoms with Gasteiger partial charge in [-0.3, -0.25) is 0 Å². The summed E-state index contributed by atoms with van der Waals surface area (Å²) in [6, 6.07) is 10.6. The third-order valence-corrected chi connectivity index (χ3v) is 5.92. The van der Waals surface area contributed by atoms with E-state index in [0.717, 1.165) is 4.88 Å². The molecule has 19 heavy (non-hydrogen) atoms. The first-order valence-corrected chi connectivity index (χ1v) is 8.21. The van der Waals surface area contributed by atoms with Gasteiger partial charge >= 0.3 is 0 Å². The maximum atomic E-state index is 11.0. The van der Waals surface area contributed by atoms with E-state index in [0.29, 0.717) is 5.92 Å². The summed E-state index contributed by atoms with van der Waals surface area (Å²) in [5.74, 6) is 0.420. The van der Waals surface area contributed by atoms with Gasteiger partial charge in [0.1, 0.15) is 0 Å². The quantitative estimate of drug-likeness (QED) is 0.757. The van der Waals surface area contributed by atoms with E-state index in [1.54, 1.807) is 11.3 Å². The highest BCUT2D eigenvalue weighted by Gasteiger charge is 2.35. The molecule has 0 bridgehead atoms. The number of benzene rings is 1. The van der Waals surface area contributed by atoms with Gasteiger partial charge in [0.15, 0.2) is 0 Å². The van der Waals surface area contributed by atoms with Crippen molar-refractivity contribution in [2.75, 3.05) is 0 Å². The Morgan fingerprint density at radius 1 is 1.11 bits per heavy atom. The van der Waals surface area contributed by atoms with Crippen molar-refractivity contribution in [1.29, 1.82) is 0 Å². The van der Waals surface area contributed by atoms with E-state index in [9.17, 15) is 5.11 Å². The molecule has 1 unspecified atom stereocenters. The average Bonchev–Trinajstić information content (AvgIpc) is 2.65. The Kier molecular flexibility index (Phi) is 3.64. The summed E-state index contributed by atoms with van der Waals surface area (Å²) >= 11 is 1.75. The normalized spacial score (nSPS) is 21.2. The van der Waals surface area contributed by atoms with Crippen LogP contribution in [0.5, 0.6) is 0 Å². The van der Waals surface area contributed by atoms with Crippen molar-refractivity contribution in [2.45, 2.75) is 51.0 Å². The maximum absolute atomic E-state index is 11.0. The fraction of sp³-hybridized carbons (Fsp3) is 0.529. The van der Waals surface area contributed by atoms with Gasteiger partial charge in [0.05, 0.1) is 5.60 Å². The number of rotatable bonds is 2. The standard InChI is InChI=1S/C17H22OS/c1-17(18,14-9-4-2-3-5-10-14)16-12-13-8-6-7-11-15(13)19-16/h6-8,11-12,14,18H,2-5,9-10H2,1H3. The molecule has 1 aromatic heterocycles.